The van der Waals surface area contributed by atoms with E-state index in [1.165, 1.54) is 6.20 Å². The lowest BCUT2D eigenvalue weighted by atomic mass is 10.1. The van der Waals surface area contributed by atoms with Gasteiger partial charge in [0, 0.05) is 12.1 Å². The Kier molecular flexibility index (Phi) is 3.86. The molecule has 0 bridgehead atoms. The average Bonchev–Trinajstić information content (AvgIpc) is 2.84. The minimum atomic E-state index is -3.65. The van der Waals surface area contributed by atoms with Crippen molar-refractivity contribution in [2.75, 3.05) is 0 Å². The third kappa shape index (κ3) is 3.22. The summed E-state index contributed by atoms with van der Waals surface area (Å²) in [5.41, 5.74) is 6.14. The number of aryl methyl sites for hydroxylation is 1. The predicted octanol–water partition coefficient (Wildman–Crippen LogP) is 0.296. The van der Waals surface area contributed by atoms with Gasteiger partial charge in [-0.2, -0.15) is 0 Å². The van der Waals surface area contributed by atoms with E-state index in [0.29, 0.717) is 17.0 Å². The van der Waals surface area contributed by atoms with Crippen LogP contribution in [0.15, 0.2) is 35.5 Å². The average molecular weight is 294 g/mol. The van der Waals surface area contributed by atoms with E-state index < -0.39 is 15.9 Å². The Balaban J connectivity index is 2.12. The summed E-state index contributed by atoms with van der Waals surface area (Å²) in [4.78, 5) is 17.5. The van der Waals surface area contributed by atoms with Crippen LogP contribution in [0.25, 0.3) is 0 Å². The zero-order valence-electron chi connectivity index (χ0n) is 10.8. The number of aromatic amines is 1. The molecule has 0 saturated heterocycles. The highest BCUT2D eigenvalue weighted by Crippen LogP contribution is 2.08. The lowest BCUT2D eigenvalue weighted by Gasteiger charge is -2.05. The highest BCUT2D eigenvalue weighted by atomic mass is 32.2. The number of hydrogen-bond acceptors (Lipinski definition) is 4. The largest absolute Gasteiger partial charge is 0.366 e. The number of nitrogens with one attached hydrogen (secondary N) is 2. The van der Waals surface area contributed by atoms with Gasteiger partial charge in [0.25, 0.3) is 10.0 Å². The van der Waals surface area contributed by atoms with E-state index in [1.807, 2.05) is 0 Å². The van der Waals surface area contributed by atoms with E-state index in [-0.39, 0.29) is 11.6 Å². The summed E-state index contributed by atoms with van der Waals surface area (Å²) >= 11 is 0. The van der Waals surface area contributed by atoms with E-state index in [9.17, 15) is 13.2 Å². The van der Waals surface area contributed by atoms with Crippen molar-refractivity contribution in [2.45, 2.75) is 18.5 Å². The molecule has 0 saturated carbocycles. The van der Waals surface area contributed by atoms with Crippen LogP contribution in [0.3, 0.4) is 0 Å². The molecule has 0 atom stereocenters. The minimum absolute atomic E-state index is 0.000978. The molecule has 8 heteroatoms. The van der Waals surface area contributed by atoms with Crippen LogP contribution >= 0.6 is 0 Å². The van der Waals surface area contributed by atoms with E-state index in [0.717, 1.165) is 0 Å². The van der Waals surface area contributed by atoms with Crippen molar-refractivity contribution in [1.29, 1.82) is 0 Å². The van der Waals surface area contributed by atoms with Gasteiger partial charge in [0.2, 0.25) is 5.91 Å². The zero-order chi connectivity index (χ0) is 14.8. The Morgan fingerprint density at radius 3 is 2.80 bits per heavy atom. The van der Waals surface area contributed by atoms with Gasteiger partial charge in [0.05, 0.1) is 6.20 Å². The van der Waals surface area contributed by atoms with E-state index in [4.69, 9.17) is 5.73 Å². The van der Waals surface area contributed by atoms with E-state index in [1.54, 1.807) is 31.2 Å². The first-order valence-electron chi connectivity index (χ1n) is 5.78. The van der Waals surface area contributed by atoms with Crippen molar-refractivity contribution in [2.24, 2.45) is 5.73 Å². The topological polar surface area (TPSA) is 118 Å². The second kappa shape index (κ2) is 5.43. The summed E-state index contributed by atoms with van der Waals surface area (Å²) in [5, 5.41) is 0.000978. The molecule has 7 nitrogen and oxygen atoms in total. The van der Waals surface area contributed by atoms with Crippen LogP contribution in [0.1, 0.15) is 21.7 Å². The molecule has 20 heavy (non-hydrogen) atoms. The number of carbonyl (C=O) groups excluding carboxylic acids is 1. The molecule has 0 unspecified atom stereocenters. The number of sulfonamides is 1. The minimum Gasteiger partial charge on any atom is -0.366 e. The SMILES string of the molecule is Cc1ncc(S(=O)(=O)NCc2cccc(C(N)=O)c2)[nH]1. The number of nitrogens with two attached hydrogens (primary N) is 1. The van der Waals surface area contributed by atoms with Gasteiger partial charge < -0.3 is 10.7 Å². The van der Waals surface area contributed by atoms with Gasteiger partial charge in [-0.15, -0.1) is 0 Å². The number of aromatic nitrogens is 2. The molecular formula is C12H14N4O3S. The van der Waals surface area contributed by atoms with E-state index >= 15 is 0 Å². The monoisotopic (exact) mass is 294 g/mol. The molecule has 0 aliphatic heterocycles. The summed E-state index contributed by atoms with van der Waals surface area (Å²) in [6.07, 6.45) is 1.25. The smallest absolute Gasteiger partial charge is 0.257 e. The lowest BCUT2D eigenvalue weighted by molar-refractivity contribution is 0.1000. The predicted molar refractivity (Wildman–Crippen MR) is 72.3 cm³/mol. The molecule has 1 aromatic carbocycles. The number of H-pyrrole nitrogens is 1. The van der Waals surface area contributed by atoms with Gasteiger partial charge in [-0.1, -0.05) is 12.1 Å². The molecule has 0 spiro atoms. The van der Waals surface area contributed by atoms with Crippen LogP contribution < -0.4 is 10.5 Å². The highest BCUT2D eigenvalue weighted by molar-refractivity contribution is 7.89. The molecule has 0 fully saturated rings. The molecular weight excluding hydrogens is 280 g/mol. The van der Waals surface area contributed by atoms with Gasteiger partial charge >= 0.3 is 0 Å². The van der Waals surface area contributed by atoms with Crippen LogP contribution in [0.2, 0.25) is 0 Å². The Bertz CT molecular complexity index is 737. The summed E-state index contributed by atoms with van der Waals surface area (Å²) in [5.74, 6) is -0.0417. The number of imidazole rings is 1. The lowest BCUT2D eigenvalue weighted by Crippen LogP contribution is -2.23. The highest BCUT2D eigenvalue weighted by Gasteiger charge is 2.16. The van der Waals surface area contributed by atoms with Gasteiger partial charge in [-0.05, 0) is 24.6 Å². The summed E-state index contributed by atoms with van der Waals surface area (Å²) in [6, 6.07) is 6.46. The number of rotatable bonds is 5. The fourth-order valence-electron chi connectivity index (χ4n) is 1.63. The van der Waals surface area contributed by atoms with Crippen molar-refractivity contribution in [1.82, 2.24) is 14.7 Å². The fraction of sp³-hybridized carbons (Fsp3) is 0.167. The summed E-state index contributed by atoms with van der Waals surface area (Å²) < 4.78 is 26.3. The van der Waals surface area contributed by atoms with Crippen LogP contribution in [0.4, 0.5) is 0 Å². The second-order valence-electron chi connectivity index (χ2n) is 4.22. The van der Waals surface area contributed by atoms with Crippen molar-refractivity contribution in [3.05, 3.63) is 47.4 Å². The standard InChI is InChI=1S/C12H14N4O3S/c1-8-14-7-11(16-8)20(18,19)15-6-9-3-2-4-10(5-9)12(13)17/h2-5,7,15H,6H2,1H3,(H2,13,17)(H,14,16). The number of primary amides is 1. The molecule has 1 heterocycles. The normalized spacial score (nSPS) is 11.4. The first kappa shape index (κ1) is 14.2. The van der Waals surface area contributed by atoms with Crippen LogP contribution in [-0.2, 0) is 16.6 Å². The molecule has 2 rings (SSSR count). The van der Waals surface area contributed by atoms with Crippen molar-refractivity contribution in [3.8, 4) is 0 Å². The Morgan fingerprint density at radius 2 is 2.20 bits per heavy atom. The zero-order valence-corrected chi connectivity index (χ0v) is 11.6. The Hall–Kier alpha value is -2.19. The molecule has 106 valence electrons. The van der Waals surface area contributed by atoms with Crippen molar-refractivity contribution >= 4 is 15.9 Å². The third-order valence-electron chi connectivity index (χ3n) is 2.65. The van der Waals surface area contributed by atoms with Crippen LogP contribution in [0.5, 0.6) is 0 Å². The summed E-state index contributed by atoms with van der Waals surface area (Å²) in [7, 11) is -3.65. The number of carbonyl (C=O) groups is 1. The maximum absolute atomic E-state index is 12.0. The first-order valence-corrected chi connectivity index (χ1v) is 7.27. The maximum Gasteiger partial charge on any atom is 0.257 e. The Labute approximate surface area is 116 Å². The summed E-state index contributed by atoms with van der Waals surface area (Å²) in [6.45, 7) is 1.72. The molecule has 0 radical (unpaired) electrons. The first-order chi connectivity index (χ1) is 9.38. The second-order valence-corrected chi connectivity index (χ2v) is 5.96. The Morgan fingerprint density at radius 1 is 1.45 bits per heavy atom. The van der Waals surface area contributed by atoms with E-state index in [2.05, 4.69) is 14.7 Å². The molecule has 1 amide bonds. The van der Waals surface area contributed by atoms with Gasteiger partial charge in [-0.25, -0.2) is 18.1 Å². The third-order valence-corrected chi connectivity index (χ3v) is 3.96. The number of amides is 1. The molecule has 0 aliphatic rings. The fourth-order valence-corrected chi connectivity index (χ4v) is 2.61. The molecule has 2 aromatic rings. The van der Waals surface area contributed by atoms with Gasteiger partial charge in [0.1, 0.15) is 5.82 Å². The molecule has 0 aliphatic carbocycles. The molecule has 4 N–H and O–H groups in total. The van der Waals surface area contributed by atoms with Gasteiger partial charge in [0.15, 0.2) is 5.03 Å². The number of hydrogen-bond donors (Lipinski definition) is 3. The van der Waals surface area contributed by atoms with Crippen LogP contribution in [0, 0.1) is 6.92 Å². The maximum atomic E-state index is 12.0. The molecule has 1 aromatic heterocycles. The van der Waals surface area contributed by atoms with Crippen molar-refractivity contribution in [3.63, 3.8) is 0 Å². The van der Waals surface area contributed by atoms with Crippen molar-refractivity contribution < 1.29 is 13.2 Å². The number of nitrogens with zero attached hydrogens (tertiary/aromatic N) is 1. The van der Waals surface area contributed by atoms with Crippen LogP contribution in [-0.4, -0.2) is 24.3 Å². The number of benzene rings is 1. The quantitative estimate of drug-likeness (QED) is 0.734. The van der Waals surface area contributed by atoms with Gasteiger partial charge in [-0.3, -0.25) is 4.79 Å².